The highest BCUT2D eigenvalue weighted by atomic mass is 79.9. The van der Waals surface area contributed by atoms with Crippen LogP contribution >= 0.6 is 31.9 Å². The summed E-state index contributed by atoms with van der Waals surface area (Å²) in [4.78, 5) is 51.2. The van der Waals surface area contributed by atoms with Crippen LogP contribution in [0.3, 0.4) is 0 Å². The molecule has 2 saturated heterocycles. The molecule has 6 heterocycles. The van der Waals surface area contributed by atoms with Gasteiger partial charge in [0.1, 0.15) is 57.5 Å². The molecule has 12 rings (SSSR count). The van der Waals surface area contributed by atoms with Crippen LogP contribution < -0.4 is 27.0 Å². The normalized spacial score (nSPS) is 25.3. The van der Waals surface area contributed by atoms with Crippen molar-refractivity contribution in [1.29, 1.82) is 0 Å². The van der Waals surface area contributed by atoms with Crippen molar-refractivity contribution in [2.24, 2.45) is 5.92 Å². The average Bonchev–Trinajstić information content (AvgIpc) is 3.32. The summed E-state index contributed by atoms with van der Waals surface area (Å²) < 4.78 is 46.9. The number of rotatable bonds is 4. The van der Waals surface area contributed by atoms with Gasteiger partial charge in [0.2, 0.25) is 6.29 Å². The summed E-state index contributed by atoms with van der Waals surface area (Å²) in [6, 6.07) is 15.1. The van der Waals surface area contributed by atoms with Gasteiger partial charge in [0.25, 0.3) is 5.95 Å². The lowest BCUT2D eigenvalue weighted by molar-refractivity contribution is -0.346. The number of phenolic OH excluding ortho intramolecular Hbond substituents is 2. The number of phenols is 2. The first-order valence-corrected chi connectivity index (χ1v) is 23.2. The second-order valence-corrected chi connectivity index (χ2v) is 19.0. The summed E-state index contributed by atoms with van der Waals surface area (Å²) in [5.74, 6) is -1.83. The molecule has 7 N–H and O–H groups in total. The van der Waals surface area contributed by atoms with Crippen molar-refractivity contribution in [3.05, 3.63) is 111 Å². The summed E-state index contributed by atoms with van der Waals surface area (Å²) in [5, 5.41) is 76.8. The Bertz CT molecular complexity index is 4030. The fourth-order valence-corrected chi connectivity index (χ4v) is 10.7. The molecule has 0 bridgehead atoms. The quantitative estimate of drug-likeness (QED) is 0.0581. The molecule has 10 aromatic rings. The lowest BCUT2D eigenvalue weighted by Crippen LogP contribution is -2.62. The van der Waals surface area contributed by atoms with Gasteiger partial charge in [-0.15, -0.1) is 0 Å². The number of aromatic hydroxyl groups is 3. The highest BCUT2D eigenvalue weighted by Gasteiger charge is 2.50. The Morgan fingerprint density at radius 2 is 1.03 bits per heavy atom. The van der Waals surface area contributed by atoms with Crippen LogP contribution in [0.1, 0.15) is 20.8 Å². The molecule has 360 valence electrons. The molecule has 0 amide bonds. The Morgan fingerprint density at radius 3 is 1.67 bits per heavy atom. The smallest absolute Gasteiger partial charge is 0.348 e. The monoisotopic (exact) mass is 1090 g/mol. The number of benzene rings is 6. The van der Waals surface area contributed by atoms with Gasteiger partial charge in [0, 0.05) is 47.2 Å². The van der Waals surface area contributed by atoms with Crippen LogP contribution in [-0.2, 0) is 14.2 Å². The number of hydrogen-bond acceptors (Lipinski definition) is 19. The van der Waals surface area contributed by atoms with E-state index in [4.69, 9.17) is 36.6 Å². The minimum absolute atomic E-state index is 0.0176. The Hall–Kier alpha value is -6.40. The Labute approximate surface area is 405 Å². The summed E-state index contributed by atoms with van der Waals surface area (Å²) in [6.45, 7) is 4.75. The van der Waals surface area contributed by atoms with Gasteiger partial charge in [0.15, 0.2) is 29.0 Å². The molecule has 19 nitrogen and oxygen atoms in total. The van der Waals surface area contributed by atoms with Crippen LogP contribution in [0.4, 0.5) is 0 Å². The predicted molar refractivity (Wildman–Crippen MR) is 257 cm³/mol. The van der Waals surface area contributed by atoms with Crippen LogP contribution in [-0.4, -0.2) is 91.1 Å². The fraction of sp³-hybridized carbons (Fsp3) is 0.265. The van der Waals surface area contributed by atoms with Crippen molar-refractivity contribution >= 4 is 119 Å². The van der Waals surface area contributed by atoms with Crippen LogP contribution in [0.2, 0.25) is 0 Å². The largest absolute Gasteiger partial charge is 0.506 e. The SMILES string of the molecule is CC1O[C@H](OC2[C@H](Oc3cccc4c(O)c5c(=O)oc6ccc(Br)c7c(=O)oc(c34)c5c67)OC(C)[C@H](O)[C@@H]2O)[C@H](O)C(C)[C@H]1O.O=c1oc2ccc(Br)c3c(O)oc4c5c(=O)cccc5c(O)c1c4c23. The third kappa shape index (κ3) is 6.71. The van der Waals surface area contributed by atoms with E-state index in [0.717, 1.165) is 0 Å². The highest BCUT2D eigenvalue weighted by molar-refractivity contribution is 9.11. The zero-order valence-corrected chi connectivity index (χ0v) is 39.5. The zero-order chi connectivity index (χ0) is 49.5. The van der Waals surface area contributed by atoms with Gasteiger partial charge in [0.05, 0.1) is 39.9 Å². The molecule has 0 spiro atoms. The van der Waals surface area contributed by atoms with Crippen LogP contribution in [0, 0.1) is 5.92 Å². The van der Waals surface area contributed by atoms with Crippen LogP contribution in [0.5, 0.6) is 23.2 Å². The van der Waals surface area contributed by atoms with Crippen molar-refractivity contribution in [2.45, 2.75) is 76.1 Å². The summed E-state index contributed by atoms with van der Waals surface area (Å²) >= 11 is 6.68. The van der Waals surface area contributed by atoms with Crippen molar-refractivity contribution in [2.75, 3.05) is 0 Å². The van der Waals surface area contributed by atoms with E-state index in [1.807, 2.05) is 0 Å². The third-order valence-electron chi connectivity index (χ3n) is 13.3. The molecule has 4 unspecified atom stereocenters. The van der Waals surface area contributed by atoms with E-state index in [1.54, 1.807) is 32.0 Å². The molecule has 2 aliphatic rings. The Morgan fingerprint density at radius 1 is 0.500 bits per heavy atom. The van der Waals surface area contributed by atoms with Crippen molar-refractivity contribution in [3.63, 3.8) is 0 Å². The van der Waals surface area contributed by atoms with E-state index in [0.29, 0.717) is 19.7 Å². The predicted octanol–water partition coefficient (Wildman–Crippen LogP) is 6.26. The molecule has 2 aliphatic heterocycles. The zero-order valence-electron chi connectivity index (χ0n) is 36.3. The minimum Gasteiger partial charge on any atom is -0.506 e. The van der Waals surface area contributed by atoms with E-state index < -0.39 is 95.2 Å². The molecule has 0 radical (unpaired) electrons. The second-order valence-electron chi connectivity index (χ2n) is 17.3. The van der Waals surface area contributed by atoms with Gasteiger partial charge in [-0.2, -0.15) is 0 Å². The third-order valence-corrected chi connectivity index (χ3v) is 14.6. The van der Waals surface area contributed by atoms with Gasteiger partial charge in [-0.1, -0.05) is 31.2 Å². The Balaban J connectivity index is 0.000000179. The van der Waals surface area contributed by atoms with Crippen LogP contribution in [0.25, 0.3) is 87.0 Å². The lowest BCUT2D eigenvalue weighted by atomic mass is 9.91. The maximum Gasteiger partial charge on any atom is 0.348 e. The molecule has 10 atom stereocenters. The molecule has 2 fully saturated rings. The Kier molecular flexibility index (Phi) is 10.9. The summed E-state index contributed by atoms with van der Waals surface area (Å²) in [6.07, 6.45) is -11.1. The number of halogens is 2. The van der Waals surface area contributed by atoms with E-state index in [-0.39, 0.29) is 87.7 Å². The standard InChI is InChI=1S/C31H29BrO13.C18H7BrO6/c1-9-21(33)10(2)40-30(22(9)34)45-27-25(37)23(35)11(3)41-31(27)43-14-6-4-5-12-16(14)26-19-18-15(42-29(39)20(19)24(12)36)8-7-13(32)17(18)28(38)44-26;19-7-4-5-9-12-11(7)17(22)25-16-10-6(2-1-3-8(10)20)15(21)14(13(12)16)18(23)24-9/h4-11,21-23,25,27,30-31,33-37H,1-3H3;1-5,21-22H/t9?,10?,11?,21-,22-,23+,25+,27?,30-,31+;/m1./s1. The number of aliphatic hydroxyl groups is 4. The van der Waals surface area contributed by atoms with Gasteiger partial charge >= 0.3 is 16.9 Å². The topological polar surface area (TPSA) is 299 Å². The maximum atomic E-state index is 13.3. The molecule has 70 heavy (non-hydrogen) atoms. The molecule has 0 saturated carbocycles. The number of fused-ring (bicyclic) bond motifs is 4. The van der Waals surface area contributed by atoms with Crippen LogP contribution in [0.15, 0.2) is 106 Å². The minimum atomic E-state index is -1.57. The van der Waals surface area contributed by atoms with Gasteiger partial charge < -0.3 is 72.4 Å². The molecule has 0 aliphatic carbocycles. The van der Waals surface area contributed by atoms with Gasteiger partial charge in [-0.05, 0) is 82.1 Å². The molecule has 6 aromatic carbocycles. The molecular formula is C49H36Br2O19. The van der Waals surface area contributed by atoms with Gasteiger partial charge in [-0.3, -0.25) is 4.79 Å². The summed E-state index contributed by atoms with van der Waals surface area (Å²) in [5.41, 5.74) is -2.43. The van der Waals surface area contributed by atoms with E-state index in [1.165, 1.54) is 49.4 Å². The van der Waals surface area contributed by atoms with E-state index in [9.17, 15) is 54.9 Å². The van der Waals surface area contributed by atoms with E-state index >= 15 is 0 Å². The average molecular weight is 1090 g/mol. The fourth-order valence-electron chi connectivity index (χ4n) is 9.75. The number of ether oxygens (including phenoxy) is 4. The first kappa shape index (κ1) is 46.0. The molecule has 21 heteroatoms. The van der Waals surface area contributed by atoms with Crippen molar-refractivity contribution < 1.29 is 72.4 Å². The van der Waals surface area contributed by atoms with Crippen molar-refractivity contribution in [3.8, 4) is 23.2 Å². The number of aliphatic hydroxyl groups excluding tert-OH is 4. The summed E-state index contributed by atoms with van der Waals surface area (Å²) in [7, 11) is 0. The lowest BCUT2D eigenvalue weighted by Gasteiger charge is -2.45. The number of hydrogen-bond donors (Lipinski definition) is 7. The van der Waals surface area contributed by atoms with Gasteiger partial charge in [-0.25, -0.2) is 14.4 Å². The molecular weight excluding hydrogens is 1050 g/mol. The first-order valence-electron chi connectivity index (χ1n) is 21.6. The second kappa shape index (κ2) is 16.6. The van der Waals surface area contributed by atoms with E-state index in [2.05, 4.69) is 31.9 Å². The maximum absolute atomic E-state index is 13.3. The van der Waals surface area contributed by atoms with Crippen molar-refractivity contribution in [1.82, 2.24) is 0 Å². The first-order chi connectivity index (χ1) is 33.4. The molecule has 4 aromatic heterocycles. The highest BCUT2D eigenvalue weighted by Crippen LogP contribution is 2.48.